The third kappa shape index (κ3) is 3.45. The van der Waals surface area contributed by atoms with Gasteiger partial charge in [0.05, 0.1) is 21.6 Å². The molecule has 0 bridgehead atoms. The summed E-state index contributed by atoms with van der Waals surface area (Å²) in [6, 6.07) is 5.76. The number of nitrogens with zero attached hydrogens (tertiary/aromatic N) is 1. The number of sulfonamides is 1. The van der Waals surface area contributed by atoms with Crippen molar-refractivity contribution in [2.45, 2.75) is 23.8 Å². The van der Waals surface area contributed by atoms with Gasteiger partial charge < -0.3 is 5.11 Å². The highest BCUT2D eigenvalue weighted by Crippen LogP contribution is 2.32. The lowest BCUT2D eigenvalue weighted by Gasteiger charge is -2.11. The van der Waals surface area contributed by atoms with E-state index in [4.69, 9.17) is 16.9 Å². The summed E-state index contributed by atoms with van der Waals surface area (Å²) in [7, 11) is -3.71. The fraction of sp³-hybridized carbons (Fsp3) is 0.417. The average molecular weight is 301 g/mol. The van der Waals surface area contributed by atoms with Crippen LogP contribution in [0.4, 0.5) is 0 Å². The van der Waals surface area contributed by atoms with E-state index in [-0.39, 0.29) is 27.9 Å². The molecule has 0 radical (unpaired) electrons. The zero-order valence-electron chi connectivity index (χ0n) is 10.0. The van der Waals surface area contributed by atoms with Crippen LogP contribution in [0.1, 0.15) is 18.4 Å². The molecule has 1 aliphatic rings. The van der Waals surface area contributed by atoms with E-state index >= 15 is 0 Å². The fourth-order valence-electron chi connectivity index (χ4n) is 1.68. The van der Waals surface area contributed by atoms with Crippen molar-refractivity contribution >= 4 is 21.6 Å². The second-order valence-corrected chi connectivity index (χ2v) is 6.68. The van der Waals surface area contributed by atoms with E-state index in [2.05, 4.69) is 4.72 Å². The van der Waals surface area contributed by atoms with Gasteiger partial charge in [0.2, 0.25) is 10.0 Å². The van der Waals surface area contributed by atoms with Crippen molar-refractivity contribution in [3.8, 4) is 6.07 Å². The van der Waals surface area contributed by atoms with Crippen LogP contribution in [-0.4, -0.2) is 26.2 Å². The standard InChI is InChI=1S/C12H13ClN2O3S/c13-11-5-10(4-3-9(11)6-14)19(17,18)15-7-12(16)8-1-2-8/h3-5,8,12,15-16H,1-2,7H2. The van der Waals surface area contributed by atoms with Crippen LogP contribution >= 0.6 is 11.6 Å². The van der Waals surface area contributed by atoms with Gasteiger partial charge in [0.1, 0.15) is 6.07 Å². The van der Waals surface area contributed by atoms with E-state index in [1.54, 1.807) is 0 Å². The molecule has 0 heterocycles. The van der Waals surface area contributed by atoms with Crippen molar-refractivity contribution < 1.29 is 13.5 Å². The van der Waals surface area contributed by atoms with Gasteiger partial charge in [0.15, 0.2) is 0 Å². The lowest BCUT2D eigenvalue weighted by atomic mass is 10.2. The van der Waals surface area contributed by atoms with E-state index in [1.807, 2.05) is 6.07 Å². The highest BCUT2D eigenvalue weighted by Gasteiger charge is 2.30. The van der Waals surface area contributed by atoms with Gasteiger partial charge in [-0.15, -0.1) is 0 Å². The summed E-state index contributed by atoms with van der Waals surface area (Å²) in [5, 5.41) is 18.5. The first-order valence-electron chi connectivity index (χ1n) is 5.81. The third-order valence-electron chi connectivity index (χ3n) is 3.02. The minimum absolute atomic E-state index is 0.00931. The maximum atomic E-state index is 12.0. The normalized spacial score (nSPS) is 16.9. The van der Waals surface area contributed by atoms with E-state index in [0.29, 0.717) is 0 Å². The Kier molecular flexibility index (Phi) is 4.11. The van der Waals surface area contributed by atoms with E-state index < -0.39 is 16.1 Å². The lowest BCUT2D eigenvalue weighted by Crippen LogP contribution is -2.33. The molecule has 5 nitrogen and oxygen atoms in total. The van der Waals surface area contributed by atoms with Crippen molar-refractivity contribution in [1.82, 2.24) is 4.72 Å². The highest BCUT2D eigenvalue weighted by molar-refractivity contribution is 7.89. The predicted molar refractivity (Wildman–Crippen MR) is 70.1 cm³/mol. The summed E-state index contributed by atoms with van der Waals surface area (Å²) < 4.78 is 26.3. The van der Waals surface area contributed by atoms with Crippen molar-refractivity contribution in [2.24, 2.45) is 5.92 Å². The summed E-state index contributed by atoms with van der Waals surface area (Å²) in [6.45, 7) is -0.00931. The van der Waals surface area contributed by atoms with Crippen LogP contribution in [0.25, 0.3) is 0 Å². The molecule has 102 valence electrons. The molecular formula is C12H13ClN2O3S. The van der Waals surface area contributed by atoms with Gasteiger partial charge in [-0.1, -0.05) is 11.6 Å². The molecule has 0 saturated heterocycles. The van der Waals surface area contributed by atoms with Crippen LogP contribution in [0.5, 0.6) is 0 Å². The topological polar surface area (TPSA) is 90.2 Å². The van der Waals surface area contributed by atoms with Gasteiger partial charge in [-0.2, -0.15) is 5.26 Å². The highest BCUT2D eigenvalue weighted by atomic mass is 35.5. The van der Waals surface area contributed by atoms with E-state index in [0.717, 1.165) is 12.8 Å². The van der Waals surface area contributed by atoms with Crippen molar-refractivity contribution in [1.29, 1.82) is 5.26 Å². The molecule has 7 heteroatoms. The second-order valence-electron chi connectivity index (χ2n) is 4.51. The first kappa shape index (κ1) is 14.3. The molecule has 0 amide bonds. The zero-order valence-corrected chi connectivity index (χ0v) is 11.6. The van der Waals surface area contributed by atoms with Crippen LogP contribution in [0.3, 0.4) is 0 Å². The smallest absolute Gasteiger partial charge is 0.240 e. The molecule has 19 heavy (non-hydrogen) atoms. The Balaban J connectivity index is 2.10. The number of rotatable bonds is 5. The molecule has 0 aliphatic heterocycles. The van der Waals surface area contributed by atoms with Gasteiger partial charge in [0, 0.05) is 6.54 Å². The van der Waals surface area contributed by atoms with Gasteiger partial charge in [-0.05, 0) is 37.0 Å². The molecular weight excluding hydrogens is 288 g/mol. The Hall–Kier alpha value is -1.13. The minimum atomic E-state index is -3.71. The van der Waals surface area contributed by atoms with E-state index in [9.17, 15) is 13.5 Å². The van der Waals surface area contributed by atoms with Crippen LogP contribution < -0.4 is 4.72 Å². The molecule has 2 rings (SSSR count). The summed E-state index contributed by atoms with van der Waals surface area (Å²) in [4.78, 5) is -0.0144. The quantitative estimate of drug-likeness (QED) is 0.856. The molecule has 1 aromatic carbocycles. The lowest BCUT2D eigenvalue weighted by molar-refractivity contribution is 0.155. The Morgan fingerprint density at radius 2 is 2.21 bits per heavy atom. The predicted octanol–water partition coefficient (Wildman–Crippen LogP) is 1.26. The van der Waals surface area contributed by atoms with Crippen LogP contribution in [-0.2, 0) is 10.0 Å². The van der Waals surface area contributed by atoms with Gasteiger partial charge in [-0.25, -0.2) is 13.1 Å². The maximum absolute atomic E-state index is 12.0. The molecule has 1 atom stereocenters. The molecule has 1 aliphatic carbocycles. The molecule has 1 fully saturated rings. The molecule has 1 aromatic rings. The maximum Gasteiger partial charge on any atom is 0.240 e. The summed E-state index contributed by atoms with van der Waals surface area (Å²) in [5.74, 6) is 0.201. The zero-order chi connectivity index (χ0) is 14.0. The number of halogens is 1. The minimum Gasteiger partial charge on any atom is -0.391 e. The second kappa shape index (κ2) is 5.47. The Labute approximate surface area is 116 Å². The molecule has 1 saturated carbocycles. The SMILES string of the molecule is N#Cc1ccc(S(=O)(=O)NCC(O)C2CC2)cc1Cl. The number of hydrogen-bond donors (Lipinski definition) is 2. The van der Waals surface area contributed by atoms with Crippen molar-refractivity contribution in [3.05, 3.63) is 28.8 Å². The Bertz CT molecular complexity index is 620. The van der Waals surface area contributed by atoms with E-state index in [1.165, 1.54) is 18.2 Å². The fourth-order valence-corrected chi connectivity index (χ4v) is 3.04. The Morgan fingerprint density at radius 3 is 2.74 bits per heavy atom. The molecule has 1 unspecified atom stereocenters. The third-order valence-corrected chi connectivity index (χ3v) is 4.75. The van der Waals surface area contributed by atoms with Crippen molar-refractivity contribution in [2.75, 3.05) is 6.54 Å². The summed E-state index contributed by atoms with van der Waals surface area (Å²) in [6.07, 6.45) is 1.22. The van der Waals surface area contributed by atoms with Crippen LogP contribution in [0.15, 0.2) is 23.1 Å². The monoisotopic (exact) mass is 300 g/mol. The molecule has 2 N–H and O–H groups in total. The molecule has 0 spiro atoms. The van der Waals surface area contributed by atoms with Crippen molar-refractivity contribution in [3.63, 3.8) is 0 Å². The number of hydrogen-bond acceptors (Lipinski definition) is 4. The summed E-state index contributed by atoms with van der Waals surface area (Å²) in [5.41, 5.74) is 0.221. The van der Waals surface area contributed by atoms with Crippen LogP contribution in [0, 0.1) is 17.2 Å². The first-order chi connectivity index (χ1) is 8.94. The van der Waals surface area contributed by atoms with Gasteiger partial charge in [-0.3, -0.25) is 0 Å². The number of nitrogens with one attached hydrogen (secondary N) is 1. The van der Waals surface area contributed by atoms with Gasteiger partial charge >= 0.3 is 0 Å². The Morgan fingerprint density at radius 1 is 1.53 bits per heavy atom. The number of aliphatic hydroxyl groups excluding tert-OH is 1. The number of benzene rings is 1. The number of nitriles is 1. The first-order valence-corrected chi connectivity index (χ1v) is 7.67. The van der Waals surface area contributed by atoms with Crippen LogP contribution in [0.2, 0.25) is 5.02 Å². The van der Waals surface area contributed by atoms with Gasteiger partial charge in [0.25, 0.3) is 0 Å². The molecule has 0 aromatic heterocycles. The average Bonchev–Trinajstić information content (AvgIpc) is 3.20. The largest absolute Gasteiger partial charge is 0.391 e. The summed E-state index contributed by atoms with van der Waals surface area (Å²) >= 11 is 5.79. The number of aliphatic hydroxyl groups is 1.